The van der Waals surface area contributed by atoms with E-state index in [2.05, 4.69) is 4.90 Å². The molecular weight excluding hydrogens is 278 g/mol. The summed E-state index contributed by atoms with van der Waals surface area (Å²) in [4.78, 5) is 15.0. The van der Waals surface area contributed by atoms with Gasteiger partial charge in [0.05, 0.1) is 11.7 Å². The van der Waals surface area contributed by atoms with Gasteiger partial charge in [-0.1, -0.05) is 12.8 Å². The lowest BCUT2D eigenvalue weighted by molar-refractivity contribution is -0.142. The van der Waals surface area contributed by atoms with Crippen LogP contribution in [0.1, 0.15) is 71.1 Å². The van der Waals surface area contributed by atoms with Crippen molar-refractivity contribution in [1.29, 1.82) is 0 Å². The minimum absolute atomic E-state index is 0.0949. The minimum atomic E-state index is -0.617. The van der Waals surface area contributed by atoms with Gasteiger partial charge in [0, 0.05) is 24.4 Å². The van der Waals surface area contributed by atoms with Gasteiger partial charge in [0.25, 0.3) is 0 Å². The zero-order chi connectivity index (χ0) is 15.7. The zero-order valence-corrected chi connectivity index (χ0v) is 13.8. The van der Waals surface area contributed by atoms with Gasteiger partial charge >= 0.3 is 0 Å². The van der Waals surface area contributed by atoms with Gasteiger partial charge in [0.2, 0.25) is 5.91 Å². The van der Waals surface area contributed by atoms with E-state index < -0.39 is 5.60 Å². The SMILES string of the molecule is C[C@]1(O)CCCC[C@@H]1[C@H]1CCCN1C(=O)C1CCC(O)CC1. The highest BCUT2D eigenvalue weighted by molar-refractivity contribution is 5.79. The monoisotopic (exact) mass is 309 g/mol. The van der Waals surface area contributed by atoms with E-state index in [1.165, 1.54) is 6.42 Å². The molecule has 1 saturated heterocycles. The van der Waals surface area contributed by atoms with Crippen LogP contribution in [0, 0.1) is 11.8 Å². The van der Waals surface area contributed by atoms with E-state index in [0.717, 1.165) is 64.3 Å². The van der Waals surface area contributed by atoms with Crippen LogP contribution in [0.2, 0.25) is 0 Å². The fraction of sp³-hybridized carbons (Fsp3) is 0.944. The van der Waals surface area contributed by atoms with Crippen molar-refractivity contribution in [3.63, 3.8) is 0 Å². The first-order chi connectivity index (χ1) is 10.5. The van der Waals surface area contributed by atoms with Crippen molar-refractivity contribution in [3.05, 3.63) is 0 Å². The zero-order valence-electron chi connectivity index (χ0n) is 13.8. The number of hydrogen-bond donors (Lipinski definition) is 2. The van der Waals surface area contributed by atoms with Crippen molar-refractivity contribution < 1.29 is 15.0 Å². The normalized spacial score (nSPS) is 43.3. The lowest BCUT2D eigenvalue weighted by Gasteiger charge is -2.44. The molecular formula is C18H31NO3. The maximum Gasteiger partial charge on any atom is 0.225 e. The highest BCUT2D eigenvalue weighted by Gasteiger charge is 2.45. The van der Waals surface area contributed by atoms with Gasteiger partial charge < -0.3 is 15.1 Å². The first-order valence-electron chi connectivity index (χ1n) is 9.20. The summed E-state index contributed by atoms with van der Waals surface area (Å²) < 4.78 is 0. The molecule has 2 aliphatic carbocycles. The van der Waals surface area contributed by atoms with Crippen LogP contribution in [0.4, 0.5) is 0 Å². The summed E-state index contributed by atoms with van der Waals surface area (Å²) in [5, 5.41) is 20.4. The average molecular weight is 309 g/mol. The number of rotatable bonds is 2. The molecule has 3 fully saturated rings. The predicted molar refractivity (Wildman–Crippen MR) is 85.3 cm³/mol. The van der Waals surface area contributed by atoms with Crippen LogP contribution in [0.5, 0.6) is 0 Å². The molecule has 0 radical (unpaired) electrons. The lowest BCUT2D eigenvalue weighted by Crippen LogP contribution is -2.51. The lowest BCUT2D eigenvalue weighted by atomic mass is 9.72. The third-order valence-corrected chi connectivity index (χ3v) is 6.34. The minimum Gasteiger partial charge on any atom is -0.393 e. The summed E-state index contributed by atoms with van der Waals surface area (Å²) in [5.41, 5.74) is -0.617. The van der Waals surface area contributed by atoms with E-state index >= 15 is 0 Å². The summed E-state index contributed by atoms with van der Waals surface area (Å²) in [5.74, 6) is 0.621. The highest BCUT2D eigenvalue weighted by Crippen LogP contribution is 2.41. The van der Waals surface area contributed by atoms with Crippen molar-refractivity contribution in [2.24, 2.45) is 11.8 Å². The molecule has 1 heterocycles. The molecule has 0 spiro atoms. The van der Waals surface area contributed by atoms with Crippen LogP contribution in [0.15, 0.2) is 0 Å². The fourth-order valence-electron chi connectivity index (χ4n) is 4.99. The maximum atomic E-state index is 12.9. The van der Waals surface area contributed by atoms with Crippen molar-refractivity contribution in [2.45, 2.75) is 88.9 Å². The van der Waals surface area contributed by atoms with Crippen LogP contribution < -0.4 is 0 Å². The number of carbonyl (C=O) groups excluding carboxylic acids is 1. The van der Waals surface area contributed by atoms with Gasteiger partial charge in [0.15, 0.2) is 0 Å². The molecule has 0 aromatic heterocycles. The van der Waals surface area contributed by atoms with Crippen LogP contribution in [-0.2, 0) is 4.79 Å². The Hall–Kier alpha value is -0.610. The first kappa shape index (κ1) is 16.3. The van der Waals surface area contributed by atoms with E-state index in [1.54, 1.807) is 0 Å². The largest absolute Gasteiger partial charge is 0.393 e. The van der Waals surface area contributed by atoms with Crippen LogP contribution in [0.25, 0.3) is 0 Å². The van der Waals surface area contributed by atoms with Crippen LogP contribution in [-0.4, -0.2) is 45.3 Å². The number of carbonyl (C=O) groups is 1. The summed E-state index contributed by atoms with van der Waals surface area (Å²) in [7, 11) is 0. The molecule has 0 bridgehead atoms. The molecule has 1 aliphatic heterocycles. The summed E-state index contributed by atoms with van der Waals surface area (Å²) in [6.07, 6.45) is 9.26. The summed E-state index contributed by atoms with van der Waals surface area (Å²) in [6, 6.07) is 0.231. The molecule has 0 aromatic rings. The third-order valence-electron chi connectivity index (χ3n) is 6.34. The highest BCUT2D eigenvalue weighted by atomic mass is 16.3. The second-order valence-corrected chi connectivity index (χ2v) is 7.96. The van der Waals surface area contributed by atoms with E-state index in [1.807, 2.05) is 6.92 Å². The van der Waals surface area contributed by atoms with Crippen molar-refractivity contribution >= 4 is 5.91 Å². The Morgan fingerprint density at radius 3 is 2.45 bits per heavy atom. The van der Waals surface area contributed by atoms with Gasteiger partial charge in [-0.05, 0) is 58.3 Å². The molecule has 4 heteroatoms. The summed E-state index contributed by atoms with van der Waals surface area (Å²) in [6.45, 7) is 2.82. The van der Waals surface area contributed by atoms with E-state index in [0.29, 0.717) is 0 Å². The average Bonchev–Trinajstić information content (AvgIpc) is 2.96. The Balaban J connectivity index is 1.68. The smallest absolute Gasteiger partial charge is 0.225 e. The number of likely N-dealkylation sites (tertiary alicyclic amines) is 1. The Labute approximate surface area is 133 Å². The molecule has 2 N–H and O–H groups in total. The van der Waals surface area contributed by atoms with Gasteiger partial charge in [-0.25, -0.2) is 0 Å². The second kappa shape index (κ2) is 6.48. The van der Waals surface area contributed by atoms with Gasteiger partial charge in [0.1, 0.15) is 0 Å². The molecule has 126 valence electrons. The number of aliphatic hydroxyl groups excluding tert-OH is 1. The number of nitrogens with zero attached hydrogens (tertiary/aromatic N) is 1. The maximum absolute atomic E-state index is 12.9. The van der Waals surface area contributed by atoms with E-state index in [4.69, 9.17) is 0 Å². The Morgan fingerprint density at radius 1 is 1.05 bits per heavy atom. The molecule has 4 nitrogen and oxygen atoms in total. The Kier molecular flexibility index (Phi) is 4.79. The Bertz CT molecular complexity index is 401. The van der Waals surface area contributed by atoms with Gasteiger partial charge in [-0.15, -0.1) is 0 Å². The standard InChI is InChI=1S/C18H31NO3/c1-18(22)11-3-2-5-15(18)16-6-4-12-19(16)17(21)13-7-9-14(20)10-8-13/h13-16,20,22H,2-12H2,1H3/t13?,14?,15-,16-,18+/m1/s1. The van der Waals surface area contributed by atoms with Crippen LogP contribution >= 0.6 is 0 Å². The number of aliphatic hydroxyl groups is 2. The van der Waals surface area contributed by atoms with Crippen molar-refractivity contribution in [3.8, 4) is 0 Å². The molecule has 1 amide bonds. The summed E-state index contributed by atoms with van der Waals surface area (Å²) >= 11 is 0. The molecule has 0 unspecified atom stereocenters. The number of hydrogen-bond acceptors (Lipinski definition) is 3. The van der Waals surface area contributed by atoms with E-state index in [9.17, 15) is 15.0 Å². The molecule has 2 saturated carbocycles. The van der Waals surface area contributed by atoms with Gasteiger partial charge in [-0.2, -0.15) is 0 Å². The Morgan fingerprint density at radius 2 is 1.77 bits per heavy atom. The van der Waals surface area contributed by atoms with E-state index in [-0.39, 0.29) is 29.9 Å². The number of amides is 1. The molecule has 3 aliphatic rings. The first-order valence-corrected chi connectivity index (χ1v) is 9.20. The molecule has 3 atom stereocenters. The molecule has 22 heavy (non-hydrogen) atoms. The second-order valence-electron chi connectivity index (χ2n) is 7.96. The predicted octanol–water partition coefficient (Wildman–Crippen LogP) is 2.47. The van der Waals surface area contributed by atoms with Gasteiger partial charge in [-0.3, -0.25) is 4.79 Å². The van der Waals surface area contributed by atoms with Crippen LogP contribution in [0.3, 0.4) is 0 Å². The molecule has 0 aromatic carbocycles. The van der Waals surface area contributed by atoms with Crippen molar-refractivity contribution in [1.82, 2.24) is 4.90 Å². The fourth-order valence-corrected chi connectivity index (χ4v) is 4.99. The topological polar surface area (TPSA) is 60.8 Å². The quantitative estimate of drug-likeness (QED) is 0.824. The third kappa shape index (κ3) is 3.18. The van der Waals surface area contributed by atoms with Crippen molar-refractivity contribution in [2.75, 3.05) is 6.54 Å². The molecule has 3 rings (SSSR count).